The second-order valence-electron chi connectivity index (χ2n) is 5.40. The van der Waals surface area contributed by atoms with Gasteiger partial charge in [-0.05, 0) is 35.9 Å². The van der Waals surface area contributed by atoms with Crippen LogP contribution in [0.2, 0.25) is 0 Å². The summed E-state index contributed by atoms with van der Waals surface area (Å²) in [6.45, 7) is 0.143. The Hall–Kier alpha value is -3.07. The van der Waals surface area contributed by atoms with Gasteiger partial charge in [-0.3, -0.25) is 0 Å². The van der Waals surface area contributed by atoms with Crippen molar-refractivity contribution in [3.05, 3.63) is 47.5 Å². The third-order valence-electron chi connectivity index (χ3n) is 3.76. The molecule has 0 atom stereocenters. The predicted octanol–water partition coefficient (Wildman–Crippen LogP) is 1.52. The van der Waals surface area contributed by atoms with Gasteiger partial charge in [0, 0.05) is 11.6 Å². The van der Waals surface area contributed by atoms with Crippen LogP contribution < -0.4 is 14.9 Å². The van der Waals surface area contributed by atoms with E-state index in [1.807, 2.05) is 0 Å². The Kier molecular flexibility index (Phi) is 4.81. The molecule has 9 heteroatoms. The Morgan fingerprint density at radius 2 is 2.00 bits per heavy atom. The van der Waals surface area contributed by atoms with E-state index in [4.69, 9.17) is 9.47 Å². The molecule has 1 heterocycles. The summed E-state index contributed by atoms with van der Waals surface area (Å²) < 4.78 is 38.2. The molecule has 0 bridgehead atoms. The van der Waals surface area contributed by atoms with E-state index in [1.54, 1.807) is 24.3 Å². The van der Waals surface area contributed by atoms with E-state index >= 15 is 0 Å². The Morgan fingerprint density at radius 1 is 1.19 bits per heavy atom. The summed E-state index contributed by atoms with van der Waals surface area (Å²) in [6, 6.07) is 9.58. The van der Waals surface area contributed by atoms with Crippen molar-refractivity contribution in [3.63, 3.8) is 0 Å². The number of hydrogen-bond acceptors (Lipinski definition) is 7. The topological polar surface area (TPSA) is 110 Å². The lowest BCUT2D eigenvalue weighted by atomic mass is 10.1. The minimum Gasteiger partial charge on any atom is -0.504 e. The second kappa shape index (κ2) is 7.04. The lowest BCUT2D eigenvalue weighted by Crippen LogP contribution is -2.18. The molecule has 1 aliphatic rings. The van der Waals surface area contributed by atoms with E-state index in [0.29, 0.717) is 28.3 Å². The maximum atomic E-state index is 12.1. The van der Waals surface area contributed by atoms with E-state index < -0.39 is 10.0 Å². The molecule has 136 valence electrons. The van der Waals surface area contributed by atoms with Crippen molar-refractivity contribution in [1.29, 1.82) is 0 Å². The molecule has 0 spiro atoms. The van der Waals surface area contributed by atoms with E-state index in [0.717, 1.165) is 0 Å². The Bertz CT molecular complexity index is 999. The van der Waals surface area contributed by atoms with E-state index in [2.05, 4.69) is 14.9 Å². The molecule has 0 saturated carbocycles. The van der Waals surface area contributed by atoms with Gasteiger partial charge in [0.05, 0.1) is 32.7 Å². The van der Waals surface area contributed by atoms with Crippen LogP contribution in [-0.2, 0) is 10.0 Å². The minimum atomic E-state index is -3.72. The Balaban J connectivity index is 1.72. The summed E-state index contributed by atoms with van der Waals surface area (Å²) in [5.74, 6) is 0.828. The SMILES string of the molecule is COc1ccc2c(c1)S(=O)(=O)N=C2CNN=Cc1ccc(O)c(OC)c1. The largest absolute Gasteiger partial charge is 0.504 e. The van der Waals surface area contributed by atoms with Crippen LogP contribution in [0.1, 0.15) is 11.1 Å². The quantitative estimate of drug-likeness (QED) is 0.585. The smallest absolute Gasteiger partial charge is 0.283 e. The average Bonchev–Trinajstić information content (AvgIpc) is 2.90. The number of hydrazone groups is 1. The van der Waals surface area contributed by atoms with Gasteiger partial charge in [0.15, 0.2) is 11.5 Å². The van der Waals surface area contributed by atoms with Gasteiger partial charge in [-0.2, -0.15) is 17.9 Å². The van der Waals surface area contributed by atoms with Crippen molar-refractivity contribution in [1.82, 2.24) is 5.43 Å². The first-order chi connectivity index (χ1) is 12.4. The van der Waals surface area contributed by atoms with Crippen LogP contribution in [0.25, 0.3) is 0 Å². The third kappa shape index (κ3) is 3.47. The molecule has 3 rings (SSSR count). The molecule has 2 aromatic rings. The number of fused-ring (bicyclic) bond motifs is 1. The zero-order valence-corrected chi connectivity index (χ0v) is 14.9. The van der Waals surface area contributed by atoms with Gasteiger partial charge in [0.2, 0.25) is 0 Å². The summed E-state index contributed by atoms with van der Waals surface area (Å²) in [7, 11) is -0.789. The monoisotopic (exact) mass is 375 g/mol. The van der Waals surface area contributed by atoms with Crippen molar-refractivity contribution in [2.75, 3.05) is 20.8 Å². The van der Waals surface area contributed by atoms with E-state index in [-0.39, 0.29) is 17.2 Å². The van der Waals surface area contributed by atoms with Crippen LogP contribution >= 0.6 is 0 Å². The number of nitrogens with zero attached hydrogens (tertiary/aromatic N) is 2. The summed E-state index contributed by atoms with van der Waals surface area (Å²) in [5, 5.41) is 13.6. The molecule has 0 unspecified atom stereocenters. The third-order valence-corrected chi connectivity index (χ3v) is 5.12. The lowest BCUT2D eigenvalue weighted by Gasteiger charge is -2.05. The van der Waals surface area contributed by atoms with Gasteiger partial charge in [-0.25, -0.2) is 0 Å². The molecular formula is C17H17N3O5S. The average molecular weight is 375 g/mol. The lowest BCUT2D eigenvalue weighted by molar-refractivity contribution is 0.373. The summed E-state index contributed by atoms with van der Waals surface area (Å²) >= 11 is 0. The molecule has 0 fully saturated rings. The summed E-state index contributed by atoms with van der Waals surface area (Å²) in [5.41, 5.74) is 4.39. The number of rotatable bonds is 6. The van der Waals surface area contributed by atoms with Crippen molar-refractivity contribution < 1.29 is 23.0 Å². The van der Waals surface area contributed by atoms with Gasteiger partial charge in [-0.1, -0.05) is 0 Å². The highest BCUT2D eigenvalue weighted by molar-refractivity contribution is 7.90. The maximum Gasteiger partial charge on any atom is 0.283 e. The zero-order chi connectivity index (χ0) is 18.7. The number of benzene rings is 2. The van der Waals surface area contributed by atoms with Crippen molar-refractivity contribution in [2.24, 2.45) is 9.50 Å². The van der Waals surface area contributed by atoms with Crippen molar-refractivity contribution in [3.8, 4) is 17.2 Å². The summed E-state index contributed by atoms with van der Waals surface area (Å²) in [6.07, 6.45) is 1.53. The molecule has 0 aliphatic carbocycles. The molecule has 26 heavy (non-hydrogen) atoms. The highest BCUT2D eigenvalue weighted by Gasteiger charge is 2.29. The molecule has 0 saturated heterocycles. The normalized spacial score (nSPS) is 14.8. The molecule has 1 aliphatic heterocycles. The molecule has 0 aromatic heterocycles. The fourth-order valence-corrected chi connectivity index (χ4v) is 3.75. The molecule has 8 nitrogen and oxygen atoms in total. The number of nitrogens with one attached hydrogen (secondary N) is 1. The van der Waals surface area contributed by atoms with Crippen LogP contribution in [0, 0.1) is 0 Å². The standard InChI is InChI=1S/C17H17N3O5S/c1-24-12-4-5-13-14(20-26(22,23)17(13)8-12)10-19-18-9-11-3-6-15(21)16(7-11)25-2/h3-9,19,21H,10H2,1-2H3. The first-order valence-corrected chi connectivity index (χ1v) is 9.04. The molecule has 0 radical (unpaired) electrons. The number of aromatic hydroxyl groups is 1. The van der Waals surface area contributed by atoms with Crippen LogP contribution in [0.3, 0.4) is 0 Å². The summed E-state index contributed by atoms with van der Waals surface area (Å²) in [4.78, 5) is 0.126. The molecule has 0 amide bonds. The van der Waals surface area contributed by atoms with Gasteiger partial charge in [-0.15, -0.1) is 0 Å². The Morgan fingerprint density at radius 3 is 2.73 bits per heavy atom. The van der Waals surface area contributed by atoms with Gasteiger partial charge >= 0.3 is 0 Å². The zero-order valence-electron chi connectivity index (χ0n) is 14.1. The number of ether oxygens (including phenoxy) is 2. The number of hydrogen-bond donors (Lipinski definition) is 2. The number of phenols is 1. The van der Waals surface area contributed by atoms with Crippen LogP contribution in [0.5, 0.6) is 17.2 Å². The van der Waals surface area contributed by atoms with E-state index in [9.17, 15) is 13.5 Å². The van der Waals surface area contributed by atoms with Crippen LogP contribution in [0.4, 0.5) is 0 Å². The predicted molar refractivity (Wildman–Crippen MR) is 97.0 cm³/mol. The number of phenolic OH excluding ortho intramolecular Hbond substituents is 1. The molecule has 2 aromatic carbocycles. The Labute approximate surface area is 150 Å². The first kappa shape index (κ1) is 17.7. The maximum absolute atomic E-state index is 12.1. The fraction of sp³-hybridized carbons (Fsp3) is 0.176. The highest BCUT2D eigenvalue weighted by atomic mass is 32.2. The van der Waals surface area contributed by atoms with Crippen molar-refractivity contribution in [2.45, 2.75) is 4.90 Å². The number of methoxy groups -OCH3 is 2. The van der Waals surface area contributed by atoms with E-state index in [1.165, 1.54) is 32.6 Å². The fourth-order valence-electron chi connectivity index (χ4n) is 2.47. The van der Waals surface area contributed by atoms with Crippen LogP contribution in [0.15, 0.2) is 50.8 Å². The van der Waals surface area contributed by atoms with Gasteiger partial charge < -0.3 is 20.0 Å². The van der Waals surface area contributed by atoms with Crippen LogP contribution in [-0.4, -0.2) is 46.2 Å². The second-order valence-corrected chi connectivity index (χ2v) is 6.97. The highest BCUT2D eigenvalue weighted by Crippen LogP contribution is 2.29. The molecule has 2 N–H and O–H groups in total. The minimum absolute atomic E-state index is 0.0372. The van der Waals surface area contributed by atoms with Crippen molar-refractivity contribution >= 4 is 21.9 Å². The number of sulfonamides is 1. The van der Waals surface area contributed by atoms with Gasteiger partial charge in [0.1, 0.15) is 10.6 Å². The molecular weight excluding hydrogens is 358 g/mol. The van der Waals surface area contributed by atoms with Gasteiger partial charge in [0.25, 0.3) is 10.0 Å². The first-order valence-electron chi connectivity index (χ1n) is 7.60.